The van der Waals surface area contributed by atoms with Crippen LogP contribution in [0.2, 0.25) is 0 Å². The van der Waals surface area contributed by atoms with Crippen molar-refractivity contribution in [2.45, 2.75) is 0 Å². The van der Waals surface area contributed by atoms with Crippen LogP contribution in [0.4, 0.5) is 0 Å². The molecule has 0 saturated carbocycles. The zero-order valence-corrected chi connectivity index (χ0v) is 15.1. The fraction of sp³-hybridized carbons (Fsp3) is 0. The maximum absolute atomic E-state index is 13.0. The van der Waals surface area contributed by atoms with E-state index in [1.165, 1.54) is 0 Å². The van der Waals surface area contributed by atoms with Gasteiger partial charge in [0.25, 0.3) is 5.24 Å². The summed E-state index contributed by atoms with van der Waals surface area (Å²) in [7, 11) is 0. The summed E-state index contributed by atoms with van der Waals surface area (Å²) >= 11 is 5.74. The predicted molar refractivity (Wildman–Crippen MR) is 109 cm³/mol. The highest BCUT2D eigenvalue weighted by molar-refractivity contribution is 6.68. The van der Waals surface area contributed by atoms with Gasteiger partial charge >= 0.3 is 0 Å². The van der Waals surface area contributed by atoms with Crippen molar-refractivity contribution in [2.24, 2.45) is 0 Å². The second-order valence-electron chi connectivity index (χ2n) is 6.26. The average Bonchev–Trinajstić information content (AvgIpc) is 2.73. The van der Waals surface area contributed by atoms with E-state index in [0.717, 1.165) is 21.9 Å². The van der Waals surface area contributed by atoms with Crippen LogP contribution in [0, 0.1) is 0 Å². The molecule has 4 aromatic rings. The van der Waals surface area contributed by atoms with Gasteiger partial charge in [-0.2, -0.15) is 0 Å². The molecule has 2 nitrogen and oxygen atoms in total. The van der Waals surface area contributed by atoms with E-state index in [1.807, 2.05) is 54.6 Å². The average molecular weight is 371 g/mol. The SMILES string of the molecule is O=C(Cl)c1ccc(-c2cccc3ccccc23)cc1C(=O)c1ccccc1. The van der Waals surface area contributed by atoms with Crippen LogP contribution in [0.25, 0.3) is 21.9 Å². The lowest BCUT2D eigenvalue weighted by Gasteiger charge is -2.11. The lowest BCUT2D eigenvalue weighted by Crippen LogP contribution is -2.07. The third-order valence-corrected chi connectivity index (χ3v) is 4.82. The van der Waals surface area contributed by atoms with Gasteiger partial charge in [0.2, 0.25) is 0 Å². The van der Waals surface area contributed by atoms with Crippen LogP contribution < -0.4 is 0 Å². The minimum atomic E-state index is -0.640. The molecular formula is C24H15ClO2. The molecule has 0 unspecified atom stereocenters. The quantitative estimate of drug-likeness (QED) is 0.320. The zero-order valence-electron chi connectivity index (χ0n) is 14.4. The number of carbonyl (C=O) groups excluding carboxylic acids is 2. The first-order valence-corrected chi connectivity index (χ1v) is 8.95. The van der Waals surface area contributed by atoms with Gasteiger partial charge in [0.1, 0.15) is 0 Å². The molecule has 0 heterocycles. The Balaban J connectivity index is 1.91. The summed E-state index contributed by atoms with van der Waals surface area (Å²) < 4.78 is 0. The lowest BCUT2D eigenvalue weighted by atomic mass is 9.92. The predicted octanol–water partition coefficient (Wildman–Crippen LogP) is 6.12. The lowest BCUT2D eigenvalue weighted by molar-refractivity contribution is 0.102. The molecule has 3 heteroatoms. The number of hydrogen-bond donors (Lipinski definition) is 0. The summed E-state index contributed by atoms with van der Waals surface area (Å²) in [5.74, 6) is -0.221. The molecule has 0 spiro atoms. The Morgan fingerprint density at radius 3 is 2.15 bits per heavy atom. The van der Waals surface area contributed by atoms with E-state index in [9.17, 15) is 9.59 Å². The molecule has 0 saturated heterocycles. The molecule has 0 aliphatic rings. The van der Waals surface area contributed by atoms with E-state index in [0.29, 0.717) is 11.1 Å². The van der Waals surface area contributed by atoms with Crippen molar-refractivity contribution in [1.29, 1.82) is 0 Å². The third kappa shape index (κ3) is 3.27. The molecule has 0 N–H and O–H groups in total. The van der Waals surface area contributed by atoms with Crippen LogP contribution >= 0.6 is 11.6 Å². The van der Waals surface area contributed by atoms with Gasteiger partial charge in [-0.1, -0.05) is 78.9 Å². The highest BCUT2D eigenvalue weighted by atomic mass is 35.5. The van der Waals surface area contributed by atoms with Crippen LogP contribution in [0.3, 0.4) is 0 Å². The number of benzene rings is 4. The molecule has 0 atom stereocenters. The van der Waals surface area contributed by atoms with Gasteiger partial charge in [0, 0.05) is 16.7 Å². The maximum atomic E-state index is 13.0. The second-order valence-corrected chi connectivity index (χ2v) is 6.60. The van der Waals surface area contributed by atoms with Gasteiger partial charge in [0.05, 0.1) is 0 Å². The standard InChI is InChI=1S/C24H15ClO2/c25-24(27)21-14-13-18(15-22(21)23(26)17-8-2-1-3-9-17)20-12-6-10-16-7-4-5-11-19(16)20/h1-15H. The molecule has 0 amide bonds. The maximum Gasteiger partial charge on any atom is 0.253 e. The molecule has 0 aliphatic heterocycles. The van der Waals surface area contributed by atoms with Crippen LogP contribution in [0.15, 0.2) is 91.0 Å². The van der Waals surface area contributed by atoms with Crippen LogP contribution in [-0.4, -0.2) is 11.0 Å². The first kappa shape index (κ1) is 17.2. The van der Waals surface area contributed by atoms with E-state index >= 15 is 0 Å². The molecule has 4 aromatic carbocycles. The Hall–Kier alpha value is -3.23. The van der Waals surface area contributed by atoms with Crippen molar-refractivity contribution in [3.8, 4) is 11.1 Å². The fourth-order valence-electron chi connectivity index (χ4n) is 3.29. The minimum Gasteiger partial charge on any atom is -0.289 e. The van der Waals surface area contributed by atoms with Gasteiger partial charge in [-0.25, -0.2) is 0 Å². The molecule has 4 rings (SSSR count). The Kier molecular flexibility index (Phi) is 4.57. The smallest absolute Gasteiger partial charge is 0.253 e. The number of halogens is 1. The highest BCUT2D eigenvalue weighted by Gasteiger charge is 2.18. The molecule has 0 aliphatic carbocycles. The first-order valence-electron chi connectivity index (χ1n) is 8.57. The summed E-state index contributed by atoms with van der Waals surface area (Å²) in [5.41, 5.74) is 2.92. The Morgan fingerprint density at radius 2 is 1.37 bits per heavy atom. The largest absolute Gasteiger partial charge is 0.289 e. The van der Waals surface area contributed by atoms with Gasteiger partial charge < -0.3 is 0 Å². The Morgan fingerprint density at radius 1 is 0.667 bits per heavy atom. The van der Waals surface area contributed by atoms with Crippen LogP contribution in [0.5, 0.6) is 0 Å². The van der Waals surface area contributed by atoms with Crippen molar-refractivity contribution in [3.05, 3.63) is 108 Å². The molecular weight excluding hydrogens is 356 g/mol. The third-order valence-electron chi connectivity index (χ3n) is 4.61. The number of ketones is 1. The van der Waals surface area contributed by atoms with E-state index in [-0.39, 0.29) is 11.3 Å². The van der Waals surface area contributed by atoms with Crippen molar-refractivity contribution in [3.63, 3.8) is 0 Å². The molecule has 0 fully saturated rings. The summed E-state index contributed by atoms with van der Waals surface area (Å²) in [4.78, 5) is 24.9. The minimum absolute atomic E-state index is 0.217. The van der Waals surface area contributed by atoms with Crippen molar-refractivity contribution < 1.29 is 9.59 Å². The van der Waals surface area contributed by atoms with E-state index in [4.69, 9.17) is 11.6 Å². The molecule has 27 heavy (non-hydrogen) atoms. The molecule has 0 bridgehead atoms. The first-order chi connectivity index (χ1) is 13.1. The molecule has 130 valence electrons. The number of carbonyl (C=O) groups is 2. The normalized spacial score (nSPS) is 10.7. The zero-order chi connectivity index (χ0) is 18.8. The summed E-state index contributed by atoms with van der Waals surface area (Å²) in [6, 6.07) is 28.2. The topological polar surface area (TPSA) is 34.1 Å². The van der Waals surface area contributed by atoms with Gasteiger partial charge in [-0.3, -0.25) is 9.59 Å². The van der Waals surface area contributed by atoms with E-state index in [1.54, 1.807) is 36.4 Å². The second kappa shape index (κ2) is 7.18. The van der Waals surface area contributed by atoms with E-state index < -0.39 is 5.24 Å². The number of rotatable bonds is 4. The number of hydrogen-bond acceptors (Lipinski definition) is 2. The van der Waals surface area contributed by atoms with Crippen LogP contribution in [-0.2, 0) is 0 Å². The molecule has 0 aromatic heterocycles. The van der Waals surface area contributed by atoms with Crippen molar-refractivity contribution in [1.82, 2.24) is 0 Å². The van der Waals surface area contributed by atoms with Crippen molar-refractivity contribution >= 4 is 33.4 Å². The highest BCUT2D eigenvalue weighted by Crippen LogP contribution is 2.31. The fourth-order valence-corrected chi connectivity index (χ4v) is 3.46. The van der Waals surface area contributed by atoms with Crippen molar-refractivity contribution in [2.75, 3.05) is 0 Å². The summed E-state index contributed by atoms with van der Waals surface area (Å²) in [6.45, 7) is 0. The van der Waals surface area contributed by atoms with Gasteiger partial charge in [-0.05, 0) is 45.6 Å². The Labute approximate surface area is 162 Å². The monoisotopic (exact) mass is 370 g/mol. The number of fused-ring (bicyclic) bond motifs is 1. The van der Waals surface area contributed by atoms with Gasteiger partial charge in [0.15, 0.2) is 5.78 Å². The summed E-state index contributed by atoms with van der Waals surface area (Å²) in [5, 5.41) is 1.56. The van der Waals surface area contributed by atoms with Gasteiger partial charge in [-0.15, -0.1) is 0 Å². The Bertz CT molecular complexity index is 1160. The summed E-state index contributed by atoms with van der Waals surface area (Å²) in [6.07, 6.45) is 0. The van der Waals surface area contributed by atoms with E-state index in [2.05, 4.69) is 0 Å². The van der Waals surface area contributed by atoms with Crippen LogP contribution in [0.1, 0.15) is 26.3 Å². The molecule has 0 radical (unpaired) electrons.